The van der Waals surface area contributed by atoms with Gasteiger partial charge >= 0.3 is 6.03 Å². The minimum absolute atomic E-state index is 0.436. The number of anilines is 1. The second-order valence-corrected chi connectivity index (χ2v) is 2.69. The van der Waals surface area contributed by atoms with Crippen molar-refractivity contribution >= 4 is 24.7 Å². The van der Waals surface area contributed by atoms with Gasteiger partial charge in [-0.15, -0.1) is 0 Å². The number of nitrogens with two attached hydrogens (primary N) is 1. The zero-order valence-corrected chi connectivity index (χ0v) is 7.45. The lowest BCUT2D eigenvalue weighted by molar-refractivity contribution is 0.257. The summed E-state index contributed by atoms with van der Waals surface area (Å²) in [6, 6.07) is 4.62. The molecule has 1 aromatic heterocycles. The molecule has 1 heterocycles. The Morgan fingerprint density at radius 3 is 2.83 bits per heavy atom. The molecular formula is C7H9N3OS. The molecule has 0 radical (unpaired) electrons. The average Bonchev–Trinajstić information content (AvgIpc) is 2.03. The molecule has 0 aromatic carbocycles. The Hall–Kier alpha value is -1.23. The summed E-state index contributed by atoms with van der Waals surface area (Å²) in [5, 5.41) is 0. The van der Waals surface area contributed by atoms with E-state index in [0.717, 1.165) is 10.00 Å². The molecule has 1 rings (SSSR count). The smallest absolute Gasteiger partial charge is 0.330 e. The highest BCUT2D eigenvalue weighted by Crippen LogP contribution is 2.12. The SMILES string of the molecule is Cc1cccc(N(S)C(N)=O)n1. The van der Waals surface area contributed by atoms with Crippen molar-refractivity contribution in [2.24, 2.45) is 5.73 Å². The van der Waals surface area contributed by atoms with E-state index in [-0.39, 0.29) is 0 Å². The maximum absolute atomic E-state index is 10.6. The van der Waals surface area contributed by atoms with Crippen LogP contribution in [-0.4, -0.2) is 11.0 Å². The molecule has 0 aliphatic heterocycles. The molecule has 0 aliphatic rings. The number of carbonyl (C=O) groups excluding carboxylic acids is 1. The number of aryl methyl sites for hydroxylation is 1. The van der Waals surface area contributed by atoms with Crippen LogP contribution >= 0.6 is 12.8 Å². The van der Waals surface area contributed by atoms with Crippen LogP contribution in [0.4, 0.5) is 10.6 Å². The van der Waals surface area contributed by atoms with Crippen LogP contribution in [0.1, 0.15) is 5.69 Å². The van der Waals surface area contributed by atoms with Crippen molar-refractivity contribution in [3.8, 4) is 0 Å². The number of rotatable bonds is 1. The monoisotopic (exact) mass is 183 g/mol. The number of amides is 2. The first-order valence-corrected chi connectivity index (χ1v) is 3.73. The standard InChI is InChI=1S/C7H9N3OS/c1-5-3-2-4-6(9-5)10(12)7(8)11/h2-4,12H,1H3,(H2,8,11). The molecule has 2 amide bonds. The number of aromatic nitrogens is 1. The highest BCUT2D eigenvalue weighted by molar-refractivity contribution is 7.82. The lowest BCUT2D eigenvalue weighted by Crippen LogP contribution is -2.27. The second kappa shape index (κ2) is 3.44. The topological polar surface area (TPSA) is 59.2 Å². The minimum atomic E-state index is -0.642. The second-order valence-electron chi connectivity index (χ2n) is 2.29. The zero-order chi connectivity index (χ0) is 9.14. The highest BCUT2D eigenvalue weighted by atomic mass is 32.1. The molecule has 0 atom stereocenters. The number of hydrogen-bond acceptors (Lipinski definition) is 3. The number of carbonyl (C=O) groups is 1. The van der Waals surface area contributed by atoms with Crippen molar-refractivity contribution in [1.82, 2.24) is 4.98 Å². The largest absolute Gasteiger partial charge is 0.350 e. The Bertz CT molecular complexity index is 302. The van der Waals surface area contributed by atoms with Crippen molar-refractivity contribution in [2.75, 3.05) is 4.31 Å². The van der Waals surface area contributed by atoms with E-state index < -0.39 is 6.03 Å². The zero-order valence-electron chi connectivity index (χ0n) is 6.56. The van der Waals surface area contributed by atoms with Gasteiger partial charge in [-0.1, -0.05) is 18.9 Å². The van der Waals surface area contributed by atoms with E-state index in [9.17, 15) is 4.79 Å². The fourth-order valence-electron chi connectivity index (χ4n) is 0.760. The molecule has 0 unspecified atom stereocenters. The van der Waals surface area contributed by atoms with Gasteiger partial charge in [0.25, 0.3) is 0 Å². The normalized spacial score (nSPS) is 9.50. The molecule has 0 saturated carbocycles. The van der Waals surface area contributed by atoms with Crippen LogP contribution < -0.4 is 10.0 Å². The van der Waals surface area contributed by atoms with Crippen LogP contribution in [0.3, 0.4) is 0 Å². The van der Waals surface area contributed by atoms with E-state index in [4.69, 9.17) is 5.73 Å². The van der Waals surface area contributed by atoms with Crippen LogP contribution in [0.5, 0.6) is 0 Å². The van der Waals surface area contributed by atoms with Gasteiger partial charge < -0.3 is 5.73 Å². The third-order valence-corrected chi connectivity index (χ3v) is 1.70. The first-order chi connectivity index (χ1) is 5.61. The van der Waals surface area contributed by atoms with E-state index in [0.29, 0.717) is 5.82 Å². The van der Waals surface area contributed by atoms with Crippen LogP contribution in [0, 0.1) is 6.92 Å². The molecule has 0 saturated heterocycles. The number of thiol groups is 1. The van der Waals surface area contributed by atoms with E-state index in [2.05, 4.69) is 17.8 Å². The Morgan fingerprint density at radius 1 is 1.67 bits per heavy atom. The third-order valence-electron chi connectivity index (χ3n) is 1.30. The quantitative estimate of drug-likeness (QED) is 0.641. The van der Waals surface area contributed by atoms with Crippen molar-refractivity contribution < 1.29 is 4.79 Å². The molecule has 0 spiro atoms. The summed E-state index contributed by atoms with van der Waals surface area (Å²) in [6.45, 7) is 1.83. The molecule has 1 aromatic rings. The Labute approximate surface area is 75.9 Å². The fraction of sp³-hybridized carbons (Fsp3) is 0.143. The highest BCUT2D eigenvalue weighted by Gasteiger charge is 2.07. The lowest BCUT2D eigenvalue weighted by Gasteiger charge is -2.10. The molecule has 12 heavy (non-hydrogen) atoms. The Morgan fingerprint density at radius 2 is 2.33 bits per heavy atom. The van der Waals surface area contributed by atoms with Gasteiger partial charge in [0.05, 0.1) is 0 Å². The molecule has 0 bridgehead atoms. The number of nitrogens with zero attached hydrogens (tertiary/aromatic N) is 2. The first-order valence-electron chi connectivity index (χ1n) is 3.33. The summed E-state index contributed by atoms with van der Waals surface area (Å²) in [5.41, 5.74) is 5.80. The number of hydrogen-bond donors (Lipinski definition) is 2. The molecule has 64 valence electrons. The number of primary amides is 1. The molecule has 0 aliphatic carbocycles. The predicted molar refractivity (Wildman–Crippen MR) is 50.0 cm³/mol. The van der Waals surface area contributed by atoms with Gasteiger partial charge in [0.2, 0.25) is 0 Å². The van der Waals surface area contributed by atoms with Crippen LogP contribution in [0.25, 0.3) is 0 Å². The number of urea groups is 1. The summed E-state index contributed by atoms with van der Waals surface area (Å²) >= 11 is 3.86. The summed E-state index contributed by atoms with van der Waals surface area (Å²) in [5.74, 6) is 0.436. The van der Waals surface area contributed by atoms with Gasteiger partial charge in [0.1, 0.15) is 5.82 Å². The van der Waals surface area contributed by atoms with Crippen LogP contribution in [-0.2, 0) is 0 Å². The van der Waals surface area contributed by atoms with Crippen LogP contribution in [0.2, 0.25) is 0 Å². The van der Waals surface area contributed by atoms with Crippen LogP contribution in [0.15, 0.2) is 18.2 Å². The van der Waals surface area contributed by atoms with E-state index >= 15 is 0 Å². The van der Waals surface area contributed by atoms with E-state index in [1.165, 1.54) is 0 Å². The number of pyridine rings is 1. The van der Waals surface area contributed by atoms with Gasteiger partial charge in [0.15, 0.2) is 0 Å². The van der Waals surface area contributed by atoms with Gasteiger partial charge in [-0.2, -0.15) is 0 Å². The minimum Gasteiger partial charge on any atom is -0.350 e. The predicted octanol–water partition coefficient (Wildman–Crippen LogP) is 1.12. The Balaban J connectivity index is 2.95. The lowest BCUT2D eigenvalue weighted by atomic mass is 10.4. The fourth-order valence-corrected chi connectivity index (χ4v) is 0.871. The summed E-state index contributed by atoms with van der Waals surface area (Å²) in [6.07, 6.45) is 0. The van der Waals surface area contributed by atoms with Crippen molar-refractivity contribution in [3.05, 3.63) is 23.9 Å². The maximum atomic E-state index is 10.6. The van der Waals surface area contributed by atoms with Gasteiger partial charge in [-0.25, -0.2) is 14.1 Å². The Kier molecular flexibility index (Phi) is 2.54. The average molecular weight is 183 g/mol. The van der Waals surface area contributed by atoms with E-state index in [1.54, 1.807) is 12.1 Å². The maximum Gasteiger partial charge on any atom is 0.330 e. The van der Waals surface area contributed by atoms with Gasteiger partial charge in [0, 0.05) is 5.69 Å². The van der Waals surface area contributed by atoms with Crippen molar-refractivity contribution in [2.45, 2.75) is 6.92 Å². The summed E-state index contributed by atoms with van der Waals surface area (Å²) < 4.78 is 0.993. The molecular weight excluding hydrogens is 174 g/mol. The van der Waals surface area contributed by atoms with Gasteiger partial charge in [-0.3, -0.25) is 0 Å². The van der Waals surface area contributed by atoms with Gasteiger partial charge in [-0.05, 0) is 19.1 Å². The van der Waals surface area contributed by atoms with E-state index in [1.807, 2.05) is 13.0 Å². The molecule has 4 nitrogen and oxygen atoms in total. The summed E-state index contributed by atoms with van der Waals surface area (Å²) in [4.78, 5) is 14.7. The molecule has 5 heteroatoms. The third kappa shape index (κ3) is 1.88. The first kappa shape index (κ1) is 8.86. The molecule has 0 fully saturated rings. The molecule has 2 N–H and O–H groups in total. The van der Waals surface area contributed by atoms with Crippen molar-refractivity contribution in [3.63, 3.8) is 0 Å². The van der Waals surface area contributed by atoms with Crippen molar-refractivity contribution in [1.29, 1.82) is 0 Å². The summed E-state index contributed by atoms with van der Waals surface area (Å²) in [7, 11) is 0.